The Morgan fingerprint density at radius 3 is 2.81 bits per heavy atom. The first-order valence-corrected chi connectivity index (χ1v) is 5.51. The van der Waals surface area contributed by atoms with E-state index in [1.807, 2.05) is 12.1 Å². The molecule has 1 heterocycles. The Bertz CT molecular complexity index is 378. The van der Waals surface area contributed by atoms with Gasteiger partial charge in [0.05, 0.1) is 24.6 Å². The highest BCUT2D eigenvalue weighted by Gasteiger charge is 2.14. The smallest absolute Gasteiger partial charge is 0.211 e. The molecule has 0 aliphatic carbocycles. The number of nitrogens with zero attached hydrogens (tertiary/aromatic N) is 1. The monoisotopic (exact) mass is 240 g/mol. The second-order valence-electron chi connectivity index (χ2n) is 3.52. The molecule has 0 atom stereocenters. The molecule has 1 fully saturated rings. The van der Waals surface area contributed by atoms with E-state index in [4.69, 9.17) is 16.3 Å². The predicted molar refractivity (Wildman–Crippen MR) is 64.2 cm³/mol. The maximum absolute atomic E-state index is 10.5. The first-order valence-electron chi connectivity index (χ1n) is 5.13. The van der Waals surface area contributed by atoms with Crippen LogP contribution in [0.3, 0.4) is 0 Å². The zero-order valence-corrected chi connectivity index (χ0v) is 9.54. The lowest BCUT2D eigenvalue weighted by Gasteiger charge is -2.30. The highest BCUT2D eigenvalue weighted by atomic mass is 35.5. The third-order valence-electron chi connectivity index (χ3n) is 2.52. The maximum atomic E-state index is 10.5. The van der Waals surface area contributed by atoms with Crippen LogP contribution < -0.4 is 10.2 Å². The summed E-state index contributed by atoms with van der Waals surface area (Å²) in [5.74, 6) is 0. The normalized spacial score (nSPS) is 15.9. The minimum absolute atomic E-state index is 0.612. The topological polar surface area (TPSA) is 41.6 Å². The summed E-state index contributed by atoms with van der Waals surface area (Å²) in [5, 5.41) is 3.28. The number of anilines is 2. The van der Waals surface area contributed by atoms with Gasteiger partial charge in [-0.2, -0.15) is 0 Å². The van der Waals surface area contributed by atoms with Crippen LogP contribution >= 0.6 is 11.6 Å². The number of morpholine rings is 1. The molecule has 0 saturated carbocycles. The van der Waals surface area contributed by atoms with Gasteiger partial charge >= 0.3 is 0 Å². The molecule has 0 aromatic heterocycles. The van der Waals surface area contributed by atoms with Gasteiger partial charge in [0.25, 0.3) is 0 Å². The van der Waals surface area contributed by atoms with Gasteiger partial charge in [-0.25, -0.2) is 0 Å². The fourth-order valence-electron chi connectivity index (χ4n) is 1.77. The molecule has 0 bridgehead atoms. The SMILES string of the molecule is O=CNc1cc(Cl)ccc1N1CCOCC1. The quantitative estimate of drug-likeness (QED) is 0.819. The van der Waals surface area contributed by atoms with Gasteiger partial charge in [0.15, 0.2) is 0 Å². The van der Waals surface area contributed by atoms with Crippen LogP contribution in [0.15, 0.2) is 18.2 Å². The maximum Gasteiger partial charge on any atom is 0.211 e. The number of carbonyl (C=O) groups excluding carboxylic acids is 1. The number of carbonyl (C=O) groups is 1. The lowest BCUT2D eigenvalue weighted by molar-refractivity contribution is -0.105. The van der Waals surface area contributed by atoms with Gasteiger partial charge in [-0.1, -0.05) is 11.6 Å². The molecule has 16 heavy (non-hydrogen) atoms. The van der Waals surface area contributed by atoms with Gasteiger partial charge in [-0.05, 0) is 18.2 Å². The van der Waals surface area contributed by atoms with Crippen molar-refractivity contribution in [3.05, 3.63) is 23.2 Å². The Morgan fingerprint density at radius 2 is 2.12 bits per heavy atom. The van der Waals surface area contributed by atoms with E-state index in [-0.39, 0.29) is 0 Å². The molecule has 2 rings (SSSR count). The molecule has 86 valence electrons. The van der Waals surface area contributed by atoms with E-state index in [0.717, 1.165) is 24.5 Å². The van der Waals surface area contributed by atoms with Crippen LogP contribution in [-0.4, -0.2) is 32.7 Å². The van der Waals surface area contributed by atoms with Crippen LogP contribution in [-0.2, 0) is 9.53 Å². The highest BCUT2D eigenvalue weighted by Crippen LogP contribution is 2.29. The van der Waals surface area contributed by atoms with Crippen molar-refractivity contribution in [2.24, 2.45) is 0 Å². The van der Waals surface area contributed by atoms with Gasteiger partial charge in [0, 0.05) is 18.1 Å². The van der Waals surface area contributed by atoms with Gasteiger partial charge in [0.2, 0.25) is 6.41 Å². The van der Waals surface area contributed by atoms with E-state index in [0.29, 0.717) is 24.6 Å². The fraction of sp³-hybridized carbons (Fsp3) is 0.364. The summed E-state index contributed by atoms with van der Waals surface area (Å²) < 4.78 is 5.29. The molecule has 0 unspecified atom stereocenters. The molecule has 1 aromatic rings. The van der Waals surface area contributed by atoms with Crippen molar-refractivity contribution < 1.29 is 9.53 Å². The molecular formula is C11H13ClN2O2. The number of rotatable bonds is 3. The zero-order chi connectivity index (χ0) is 11.4. The first kappa shape index (κ1) is 11.2. The van der Waals surface area contributed by atoms with Gasteiger partial charge in [0.1, 0.15) is 0 Å². The number of benzene rings is 1. The van der Waals surface area contributed by atoms with Gasteiger partial charge in [-0.3, -0.25) is 4.79 Å². The summed E-state index contributed by atoms with van der Waals surface area (Å²) in [6.07, 6.45) is 0.662. The van der Waals surface area contributed by atoms with Crippen LogP contribution in [0.4, 0.5) is 11.4 Å². The standard InChI is InChI=1S/C11H13ClN2O2/c12-9-1-2-11(10(7-9)13-8-15)14-3-5-16-6-4-14/h1-2,7-8H,3-6H2,(H,13,15). The van der Waals surface area contributed by atoms with Crippen LogP contribution in [0.25, 0.3) is 0 Å². The Labute approximate surface area is 99.1 Å². The minimum atomic E-state index is 0.612. The first-order chi connectivity index (χ1) is 7.81. The molecule has 5 heteroatoms. The van der Waals surface area contributed by atoms with Crippen LogP contribution in [0, 0.1) is 0 Å². The number of ether oxygens (including phenoxy) is 1. The van der Waals surface area contributed by atoms with E-state index in [2.05, 4.69) is 10.2 Å². The molecule has 1 aliphatic heterocycles. The number of halogens is 1. The Kier molecular flexibility index (Phi) is 3.64. The van der Waals surface area contributed by atoms with Crippen molar-refractivity contribution in [1.82, 2.24) is 0 Å². The molecule has 1 aromatic carbocycles. The number of hydrogen-bond acceptors (Lipinski definition) is 3. The largest absolute Gasteiger partial charge is 0.378 e. The van der Waals surface area contributed by atoms with Crippen molar-refractivity contribution >= 4 is 29.4 Å². The van der Waals surface area contributed by atoms with E-state index in [1.165, 1.54) is 0 Å². The molecule has 0 spiro atoms. The fourth-order valence-corrected chi connectivity index (χ4v) is 1.94. The van der Waals surface area contributed by atoms with E-state index in [9.17, 15) is 4.79 Å². The average Bonchev–Trinajstić information content (AvgIpc) is 2.31. The van der Waals surface area contributed by atoms with Crippen molar-refractivity contribution in [3.8, 4) is 0 Å². The van der Waals surface area contributed by atoms with Crippen LogP contribution in [0.2, 0.25) is 5.02 Å². The lowest BCUT2D eigenvalue weighted by atomic mass is 10.2. The van der Waals surface area contributed by atoms with E-state index >= 15 is 0 Å². The minimum Gasteiger partial charge on any atom is -0.378 e. The Balaban J connectivity index is 2.26. The van der Waals surface area contributed by atoms with Gasteiger partial charge in [-0.15, -0.1) is 0 Å². The summed E-state index contributed by atoms with van der Waals surface area (Å²) in [6.45, 7) is 3.08. The number of amides is 1. The van der Waals surface area contributed by atoms with E-state index in [1.54, 1.807) is 6.07 Å². The summed E-state index contributed by atoms with van der Waals surface area (Å²) in [6, 6.07) is 5.49. The zero-order valence-electron chi connectivity index (χ0n) is 8.78. The molecule has 1 N–H and O–H groups in total. The second kappa shape index (κ2) is 5.18. The molecule has 1 aliphatic rings. The molecule has 0 radical (unpaired) electrons. The molecular weight excluding hydrogens is 228 g/mol. The second-order valence-corrected chi connectivity index (χ2v) is 3.96. The van der Waals surface area contributed by atoms with E-state index < -0.39 is 0 Å². The van der Waals surface area contributed by atoms with Crippen LogP contribution in [0.5, 0.6) is 0 Å². The average molecular weight is 241 g/mol. The summed E-state index contributed by atoms with van der Waals surface area (Å²) >= 11 is 5.89. The summed E-state index contributed by atoms with van der Waals surface area (Å²) in [7, 11) is 0. The van der Waals surface area contributed by atoms with Crippen molar-refractivity contribution in [2.45, 2.75) is 0 Å². The molecule has 1 saturated heterocycles. The predicted octanol–water partition coefficient (Wildman–Crippen LogP) is 1.74. The molecule has 4 nitrogen and oxygen atoms in total. The Morgan fingerprint density at radius 1 is 1.38 bits per heavy atom. The number of nitrogens with one attached hydrogen (secondary N) is 1. The summed E-state index contributed by atoms with van der Waals surface area (Å²) in [5.41, 5.74) is 1.73. The highest BCUT2D eigenvalue weighted by molar-refractivity contribution is 6.31. The molecule has 1 amide bonds. The van der Waals surface area contributed by atoms with Gasteiger partial charge < -0.3 is 15.0 Å². The lowest BCUT2D eigenvalue weighted by Crippen LogP contribution is -2.36. The third kappa shape index (κ3) is 2.46. The van der Waals surface area contributed by atoms with Crippen molar-refractivity contribution in [3.63, 3.8) is 0 Å². The van der Waals surface area contributed by atoms with Crippen LogP contribution in [0.1, 0.15) is 0 Å². The third-order valence-corrected chi connectivity index (χ3v) is 2.76. The number of hydrogen-bond donors (Lipinski definition) is 1. The summed E-state index contributed by atoms with van der Waals surface area (Å²) in [4.78, 5) is 12.7. The Hall–Kier alpha value is -1.26. The van der Waals surface area contributed by atoms with Crippen molar-refractivity contribution in [1.29, 1.82) is 0 Å². The van der Waals surface area contributed by atoms with Crippen molar-refractivity contribution in [2.75, 3.05) is 36.5 Å².